The van der Waals surface area contributed by atoms with Gasteiger partial charge in [0.1, 0.15) is 0 Å². The SMILES string of the molecule is CCNC(=NCc1ccc(-n2ccnc2)cc1)NCC. The molecule has 0 atom stereocenters. The Morgan fingerprint density at radius 1 is 1.15 bits per heavy atom. The second kappa shape index (κ2) is 7.33. The second-order valence-electron chi connectivity index (χ2n) is 4.36. The summed E-state index contributed by atoms with van der Waals surface area (Å²) in [5.74, 6) is 0.855. The number of aliphatic imine (C=N–C) groups is 1. The quantitative estimate of drug-likeness (QED) is 0.645. The molecule has 2 rings (SSSR count). The molecule has 2 N–H and O–H groups in total. The third kappa shape index (κ3) is 3.85. The molecule has 1 aromatic heterocycles. The highest BCUT2D eigenvalue weighted by atomic mass is 15.2. The van der Waals surface area contributed by atoms with E-state index in [1.807, 2.05) is 10.8 Å². The van der Waals surface area contributed by atoms with E-state index in [1.165, 1.54) is 5.56 Å². The molecule has 0 unspecified atom stereocenters. The number of aromatic nitrogens is 2. The van der Waals surface area contributed by atoms with Crippen molar-refractivity contribution < 1.29 is 0 Å². The molecule has 0 spiro atoms. The van der Waals surface area contributed by atoms with Gasteiger partial charge < -0.3 is 15.2 Å². The summed E-state index contributed by atoms with van der Waals surface area (Å²) in [4.78, 5) is 8.59. The van der Waals surface area contributed by atoms with Gasteiger partial charge in [-0.3, -0.25) is 0 Å². The van der Waals surface area contributed by atoms with Gasteiger partial charge in [-0.05, 0) is 31.5 Å². The molecule has 0 aliphatic heterocycles. The zero-order chi connectivity index (χ0) is 14.2. The molecule has 0 fully saturated rings. The fourth-order valence-electron chi connectivity index (χ4n) is 1.86. The maximum atomic E-state index is 4.54. The Morgan fingerprint density at radius 2 is 1.85 bits per heavy atom. The highest BCUT2D eigenvalue weighted by Crippen LogP contribution is 2.09. The van der Waals surface area contributed by atoms with Crippen LogP contribution in [0.5, 0.6) is 0 Å². The minimum absolute atomic E-state index is 0.666. The number of nitrogens with zero attached hydrogens (tertiary/aromatic N) is 3. The second-order valence-corrected chi connectivity index (χ2v) is 4.36. The number of rotatable bonds is 5. The Morgan fingerprint density at radius 3 is 2.40 bits per heavy atom. The van der Waals surface area contributed by atoms with Gasteiger partial charge >= 0.3 is 0 Å². The van der Waals surface area contributed by atoms with Gasteiger partial charge in [0, 0.05) is 31.2 Å². The van der Waals surface area contributed by atoms with Crippen LogP contribution in [0.15, 0.2) is 48.0 Å². The van der Waals surface area contributed by atoms with Crippen LogP contribution in [0.4, 0.5) is 0 Å². The first-order valence-corrected chi connectivity index (χ1v) is 6.93. The van der Waals surface area contributed by atoms with Crippen LogP contribution in [0.25, 0.3) is 5.69 Å². The standard InChI is InChI=1S/C15H21N5/c1-3-17-15(18-4-2)19-11-13-5-7-14(8-6-13)20-10-9-16-12-20/h5-10,12H,3-4,11H2,1-2H3,(H2,17,18,19). The summed E-state index contributed by atoms with van der Waals surface area (Å²) in [6.07, 6.45) is 5.50. The smallest absolute Gasteiger partial charge is 0.191 e. The van der Waals surface area contributed by atoms with Crippen LogP contribution in [-0.4, -0.2) is 28.6 Å². The molecule has 2 aromatic rings. The van der Waals surface area contributed by atoms with Crippen molar-refractivity contribution >= 4 is 5.96 Å². The van der Waals surface area contributed by atoms with Crippen LogP contribution in [-0.2, 0) is 6.54 Å². The fraction of sp³-hybridized carbons (Fsp3) is 0.333. The van der Waals surface area contributed by atoms with E-state index in [4.69, 9.17) is 0 Å². The minimum Gasteiger partial charge on any atom is -0.357 e. The highest BCUT2D eigenvalue weighted by Gasteiger charge is 1.98. The van der Waals surface area contributed by atoms with E-state index in [1.54, 1.807) is 12.5 Å². The lowest BCUT2D eigenvalue weighted by Gasteiger charge is -2.09. The van der Waals surface area contributed by atoms with Crippen molar-refractivity contribution in [3.05, 3.63) is 48.5 Å². The Labute approximate surface area is 119 Å². The first-order valence-electron chi connectivity index (χ1n) is 6.93. The number of imidazole rings is 1. The first kappa shape index (κ1) is 14.1. The average molecular weight is 271 g/mol. The van der Waals surface area contributed by atoms with E-state index in [9.17, 15) is 0 Å². The third-order valence-electron chi connectivity index (χ3n) is 2.85. The molecule has 20 heavy (non-hydrogen) atoms. The Hall–Kier alpha value is -2.30. The third-order valence-corrected chi connectivity index (χ3v) is 2.85. The summed E-state index contributed by atoms with van der Waals surface area (Å²) in [5.41, 5.74) is 2.29. The number of hydrogen-bond acceptors (Lipinski definition) is 2. The molecule has 5 heteroatoms. The van der Waals surface area contributed by atoms with Gasteiger partial charge in [0.05, 0.1) is 12.9 Å². The molecule has 0 saturated heterocycles. The number of benzene rings is 1. The molecule has 1 heterocycles. The first-order chi connectivity index (χ1) is 9.83. The Kier molecular flexibility index (Phi) is 5.17. The van der Waals surface area contributed by atoms with Crippen molar-refractivity contribution in [2.45, 2.75) is 20.4 Å². The van der Waals surface area contributed by atoms with Gasteiger partial charge in [-0.15, -0.1) is 0 Å². The Bertz CT molecular complexity index is 520. The molecular weight excluding hydrogens is 250 g/mol. The molecule has 0 saturated carbocycles. The van der Waals surface area contributed by atoms with Gasteiger partial charge in [-0.25, -0.2) is 9.98 Å². The normalized spacial score (nSPS) is 10.1. The highest BCUT2D eigenvalue weighted by molar-refractivity contribution is 5.79. The van der Waals surface area contributed by atoms with Crippen LogP contribution >= 0.6 is 0 Å². The molecule has 0 radical (unpaired) electrons. The summed E-state index contributed by atoms with van der Waals surface area (Å²) >= 11 is 0. The minimum atomic E-state index is 0.666. The van der Waals surface area contributed by atoms with E-state index < -0.39 is 0 Å². The van der Waals surface area contributed by atoms with E-state index in [2.05, 4.69) is 58.7 Å². The topological polar surface area (TPSA) is 54.2 Å². The average Bonchev–Trinajstić information content (AvgIpc) is 3.00. The maximum absolute atomic E-state index is 4.54. The van der Waals surface area contributed by atoms with Crippen LogP contribution in [0.2, 0.25) is 0 Å². The van der Waals surface area contributed by atoms with Crippen LogP contribution in [0, 0.1) is 0 Å². The fourth-order valence-corrected chi connectivity index (χ4v) is 1.86. The van der Waals surface area contributed by atoms with Crippen molar-refractivity contribution in [2.75, 3.05) is 13.1 Å². The molecule has 5 nitrogen and oxygen atoms in total. The zero-order valence-electron chi connectivity index (χ0n) is 12.0. The molecule has 0 aliphatic rings. The zero-order valence-corrected chi connectivity index (χ0v) is 12.0. The van der Waals surface area contributed by atoms with Crippen molar-refractivity contribution in [1.82, 2.24) is 20.2 Å². The summed E-state index contributed by atoms with van der Waals surface area (Å²) in [7, 11) is 0. The monoisotopic (exact) mass is 271 g/mol. The van der Waals surface area contributed by atoms with Crippen molar-refractivity contribution in [3.63, 3.8) is 0 Å². The largest absolute Gasteiger partial charge is 0.357 e. The van der Waals surface area contributed by atoms with Crippen molar-refractivity contribution in [3.8, 4) is 5.69 Å². The van der Waals surface area contributed by atoms with E-state index >= 15 is 0 Å². The lowest BCUT2D eigenvalue weighted by molar-refractivity contribution is 0.839. The summed E-state index contributed by atoms with van der Waals surface area (Å²) in [6.45, 7) is 6.52. The lowest BCUT2D eigenvalue weighted by atomic mass is 10.2. The van der Waals surface area contributed by atoms with E-state index in [0.717, 1.165) is 24.7 Å². The number of nitrogens with one attached hydrogen (secondary N) is 2. The molecule has 1 aromatic carbocycles. The van der Waals surface area contributed by atoms with Crippen LogP contribution in [0.3, 0.4) is 0 Å². The molecule has 0 bridgehead atoms. The van der Waals surface area contributed by atoms with Crippen molar-refractivity contribution in [1.29, 1.82) is 0 Å². The van der Waals surface area contributed by atoms with Gasteiger partial charge in [0.2, 0.25) is 0 Å². The summed E-state index contributed by atoms with van der Waals surface area (Å²) < 4.78 is 1.98. The maximum Gasteiger partial charge on any atom is 0.191 e. The predicted octanol–water partition coefficient (Wildman–Crippen LogP) is 1.95. The lowest BCUT2D eigenvalue weighted by Crippen LogP contribution is -2.36. The molecule has 0 amide bonds. The van der Waals surface area contributed by atoms with Crippen LogP contribution < -0.4 is 10.6 Å². The Balaban J connectivity index is 2.01. The van der Waals surface area contributed by atoms with Gasteiger partial charge in [-0.1, -0.05) is 12.1 Å². The molecule has 0 aliphatic carbocycles. The van der Waals surface area contributed by atoms with Gasteiger partial charge in [0.25, 0.3) is 0 Å². The summed E-state index contributed by atoms with van der Waals surface area (Å²) in [5, 5.41) is 6.43. The van der Waals surface area contributed by atoms with E-state index in [0.29, 0.717) is 6.54 Å². The molecular formula is C15H21N5. The van der Waals surface area contributed by atoms with E-state index in [-0.39, 0.29) is 0 Å². The van der Waals surface area contributed by atoms with Gasteiger partial charge in [0.15, 0.2) is 5.96 Å². The van der Waals surface area contributed by atoms with Crippen LogP contribution in [0.1, 0.15) is 19.4 Å². The predicted molar refractivity (Wildman–Crippen MR) is 82.1 cm³/mol. The van der Waals surface area contributed by atoms with Gasteiger partial charge in [-0.2, -0.15) is 0 Å². The number of guanidine groups is 1. The number of hydrogen-bond donors (Lipinski definition) is 2. The molecule has 106 valence electrons. The van der Waals surface area contributed by atoms with Crippen molar-refractivity contribution in [2.24, 2.45) is 4.99 Å². The summed E-state index contributed by atoms with van der Waals surface area (Å²) in [6, 6.07) is 8.34.